The third-order valence-corrected chi connectivity index (χ3v) is 3.45. The van der Waals surface area contributed by atoms with Crippen LogP contribution >= 0.6 is 0 Å². The number of imidazole rings is 1. The van der Waals surface area contributed by atoms with Crippen LogP contribution in [0.2, 0.25) is 0 Å². The summed E-state index contributed by atoms with van der Waals surface area (Å²) in [6.07, 6.45) is -0.281. The van der Waals surface area contributed by atoms with E-state index < -0.39 is 12.3 Å². The van der Waals surface area contributed by atoms with Gasteiger partial charge in [-0.05, 0) is 18.1 Å². The van der Waals surface area contributed by atoms with Gasteiger partial charge in [0.05, 0.1) is 18.6 Å². The van der Waals surface area contributed by atoms with Crippen LogP contribution in [0.15, 0.2) is 30.7 Å². The topological polar surface area (TPSA) is 77.4 Å². The lowest BCUT2D eigenvalue weighted by Gasteiger charge is -2.12. The number of amides is 2. The number of fused-ring (bicyclic) bond motifs is 1. The number of urea groups is 1. The first-order valence-electron chi connectivity index (χ1n) is 7.76. The summed E-state index contributed by atoms with van der Waals surface area (Å²) in [7, 11) is 0. The summed E-state index contributed by atoms with van der Waals surface area (Å²) in [5.41, 5.74) is 1.18. The predicted octanol–water partition coefficient (Wildman–Crippen LogP) is 3.18. The Labute approximate surface area is 142 Å². The van der Waals surface area contributed by atoms with Gasteiger partial charge in [-0.3, -0.25) is 0 Å². The molecule has 1 aromatic heterocycles. The Balaban J connectivity index is 1.56. The van der Waals surface area contributed by atoms with Gasteiger partial charge in [-0.2, -0.15) is 0 Å². The van der Waals surface area contributed by atoms with Gasteiger partial charge in [0.1, 0.15) is 0 Å². The van der Waals surface area contributed by atoms with Crippen molar-refractivity contribution in [2.45, 2.75) is 33.2 Å². The highest BCUT2D eigenvalue weighted by molar-refractivity contribution is 5.89. The van der Waals surface area contributed by atoms with Crippen molar-refractivity contribution in [3.8, 4) is 11.5 Å². The Hall–Kier alpha value is -2.84. The zero-order valence-corrected chi connectivity index (χ0v) is 13.8. The van der Waals surface area contributed by atoms with E-state index in [9.17, 15) is 13.6 Å². The summed E-state index contributed by atoms with van der Waals surface area (Å²) in [4.78, 5) is 16.1. The number of ether oxygens (including phenoxy) is 2. The maximum Gasteiger partial charge on any atom is 0.586 e. The molecule has 1 aromatic carbocycles. The van der Waals surface area contributed by atoms with E-state index in [2.05, 4.69) is 38.9 Å². The van der Waals surface area contributed by atoms with Gasteiger partial charge in [-0.1, -0.05) is 13.8 Å². The summed E-state index contributed by atoms with van der Waals surface area (Å²) in [5, 5.41) is 5.26. The van der Waals surface area contributed by atoms with E-state index >= 15 is 0 Å². The molecule has 3 rings (SSSR count). The van der Waals surface area contributed by atoms with E-state index in [1.54, 1.807) is 12.5 Å². The van der Waals surface area contributed by atoms with Gasteiger partial charge in [0.15, 0.2) is 11.5 Å². The predicted molar refractivity (Wildman–Crippen MR) is 85.6 cm³/mol. The van der Waals surface area contributed by atoms with Gasteiger partial charge in [-0.15, -0.1) is 8.78 Å². The average Bonchev–Trinajstić information content (AvgIpc) is 3.06. The Kier molecular flexibility index (Phi) is 4.47. The van der Waals surface area contributed by atoms with Crippen LogP contribution < -0.4 is 20.1 Å². The normalized spacial score (nSPS) is 14.6. The third kappa shape index (κ3) is 4.17. The van der Waals surface area contributed by atoms with Crippen molar-refractivity contribution in [1.82, 2.24) is 14.9 Å². The molecule has 0 saturated carbocycles. The molecule has 0 atom stereocenters. The number of rotatable bonds is 5. The second kappa shape index (κ2) is 6.58. The zero-order chi connectivity index (χ0) is 18.0. The fraction of sp³-hybridized carbons (Fsp3) is 0.375. The zero-order valence-electron chi connectivity index (χ0n) is 13.8. The number of carbonyl (C=O) groups is 1. The minimum Gasteiger partial charge on any atom is -0.395 e. The molecule has 0 bridgehead atoms. The fourth-order valence-electron chi connectivity index (χ4n) is 2.43. The molecule has 1 aliphatic rings. The van der Waals surface area contributed by atoms with Crippen molar-refractivity contribution < 1.29 is 23.0 Å². The molecule has 1 aliphatic heterocycles. The minimum atomic E-state index is -3.68. The van der Waals surface area contributed by atoms with Crippen molar-refractivity contribution in [3.63, 3.8) is 0 Å². The number of hydrogen-bond donors (Lipinski definition) is 2. The molecule has 0 saturated heterocycles. The van der Waals surface area contributed by atoms with E-state index in [0.29, 0.717) is 18.2 Å². The highest BCUT2D eigenvalue weighted by Gasteiger charge is 2.43. The SMILES string of the molecule is CC(C)Cn1cncc1CNC(=O)Nc1ccc2c(c1)OC(F)(F)O2. The second-order valence-electron chi connectivity index (χ2n) is 6.07. The number of nitrogens with one attached hydrogen (secondary N) is 2. The van der Waals surface area contributed by atoms with Crippen LogP contribution in [0.25, 0.3) is 0 Å². The van der Waals surface area contributed by atoms with E-state index in [0.717, 1.165) is 12.2 Å². The smallest absolute Gasteiger partial charge is 0.395 e. The van der Waals surface area contributed by atoms with Gasteiger partial charge in [-0.25, -0.2) is 9.78 Å². The summed E-state index contributed by atoms with van der Waals surface area (Å²) in [5.74, 6) is 0.250. The summed E-state index contributed by atoms with van der Waals surface area (Å²) in [6.45, 7) is 5.27. The number of carbonyl (C=O) groups excluding carboxylic acids is 1. The fourth-order valence-corrected chi connectivity index (χ4v) is 2.43. The molecule has 2 N–H and O–H groups in total. The molecule has 2 heterocycles. The number of halogens is 2. The van der Waals surface area contributed by atoms with Crippen LogP contribution in [-0.2, 0) is 13.1 Å². The molecule has 2 amide bonds. The van der Waals surface area contributed by atoms with Crippen molar-refractivity contribution in [1.29, 1.82) is 0 Å². The highest BCUT2D eigenvalue weighted by atomic mass is 19.3. The number of aromatic nitrogens is 2. The van der Waals surface area contributed by atoms with E-state index in [1.165, 1.54) is 18.2 Å². The van der Waals surface area contributed by atoms with Gasteiger partial charge < -0.3 is 24.7 Å². The molecule has 2 aromatic rings. The summed E-state index contributed by atoms with van der Waals surface area (Å²) < 4.78 is 36.6. The molecule has 7 nitrogen and oxygen atoms in total. The van der Waals surface area contributed by atoms with Crippen LogP contribution in [0.1, 0.15) is 19.5 Å². The summed E-state index contributed by atoms with van der Waals surface area (Å²) >= 11 is 0. The maximum atomic E-state index is 13.0. The first kappa shape index (κ1) is 17.0. The molecule has 0 spiro atoms. The largest absolute Gasteiger partial charge is 0.586 e. The van der Waals surface area contributed by atoms with Crippen LogP contribution in [-0.4, -0.2) is 21.9 Å². The van der Waals surface area contributed by atoms with Crippen molar-refractivity contribution in [2.24, 2.45) is 5.92 Å². The molecule has 25 heavy (non-hydrogen) atoms. The number of anilines is 1. The lowest BCUT2D eigenvalue weighted by Crippen LogP contribution is -2.29. The van der Waals surface area contributed by atoms with Gasteiger partial charge in [0.2, 0.25) is 0 Å². The van der Waals surface area contributed by atoms with E-state index in [-0.39, 0.29) is 11.5 Å². The van der Waals surface area contributed by atoms with Gasteiger partial charge in [0, 0.05) is 24.5 Å². The van der Waals surface area contributed by atoms with Gasteiger partial charge >= 0.3 is 12.3 Å². The molecular formula is C16H18F2N4O3. The molecule has 0 aliphatic carbocycles. The molecule has 0 unspecified atom stereocenters. The van der Waals surface area contributed by atoms with Crippen molar-refractivity contribution in [3.05, 3.63) is 36.4 Å². The van der Waals surface area contributed by atoms with Crippen molar-refractivity contribution >= 4 is 11.7 Å². The van der Waals surface area contributed by atoms with Crippen LogP contribution in [0.3, 0.4) is 0 Å². The average molecular weight is 352 g/mol. The van der Waals surface area contributed by atoms with Crippen LogP contribution in [0.5, 0.6) is 11.5 Å². The Bertz CT molecular complexity index is 776. The number of benzene rings is 1. The van der Waals surface area contributed by atoms with Crippen molar-refractivity contribution in [2.75, 3.05) is 5.32 Å². The lowest BCUT2D eigenvalue weighted by atomic mass is 10.2. The second-order valence-corrected chi connectivity index (χ2v) is 6.07. The highest BCUT2D eigenvalue weighted by Crippen LogP contribution is 2.42. The third-order valence-electron chi connectivity index (χ3n) is 3.45. The summed E-state index contributed by atoms with van der Waals surface area (Å²) in [6, 6.07) is 3.57. The van der Waals surface area contributed by atoms with E-state index in [1.807, 2.05) is 4.57 Å². The number of nitrogens with zero attached hydrogens (tertiary/aromatic N) is 2. The van der Waals surface area contributed by atoms with Crippen LogP contribution in [0.4, 0.5) is 19.3 Å². The van der Waals surface area contributed by atoms with Crippen LogP contribution in [0, 0.1) is 5.92 Å². The first-order chi connectivity index (χ1) is 11.8. The Morgan fingerprint density at radius 2 is 2.08 bits per heavy atom. The molecule has 9 heteroatoms. The monoisotopic (exact) mass is 352 g/mol. The quantitative estimate of drug-likeness (QED) is 0.866. The Morgan fingerprint density at radius 3 is 2.84 bits per heavy atom. The number of hydrogen-bond acceptors (Lipinski definition) is 4. The maximum absolute atomic E-state index is 13.0. The van der Waals surface area contributed by atoms with E-state index in [4.69, 9.17) is 0 Å². The molecule has 0 radical (unpaired) electrons. The molecule has 0 fully saturated rings. The molecule has 134 valence electrons. The van der Waals surface area contributed by atoms with Gasteiger partial charge in [0.25, 0.3) is 0 Å². The number of alkyl halides is 2. The lowest BCUT2D eigenvalue weighted by molar-refractivity contribution is -0.286. The first-order valence-corrected chi connectivity index (χ1v) is 7.76. The molecular weight excluding hydrogens is 334 g/mol. The minimum absolute atomic E-state index is 0.0754. The Morgan fingerprint density at radius 1 is 1.32 bits per heavy atom. The standard InChI is InChI=1S/C16H18F2N4O3/c1-10(2)8-22-9-19-6-12(22)7-20-15(23)21-11-3-4-13-14(5-11)25-16(17,18)24-13/h3-6,9-10H,7-8H2,1-2H3,(H2,20,21,23).